The molecule has 1 aromatic heterocycles. The van der Waals surface area contributed by atoms with Crippen molar-refractivity contribution in [2.24, 2.45) is 5.73 Å². The molecule has 1 heterocycles. The number of carbonyl (C=O) groups excluding carboxylic acids is 1. The number of hydrogen-bond donors (Lipinski definition) is 1. The van der Waals surface area contributed by atoms with Crippen molar-refractivity contribution in [2.45, 2.75) is 0 Å². The third-order valence-corrected chi connectivity index (χ3v) is 3.12. The summed E-state index contributed by atoms with van der Waals surface area (Å²) in [4.78, 5) is 11.8. The number of methoxy groups -OCH3 is 1. The molecule has 2 rings (SSSR count). The molecule has 0 atom stereocenters. The van der Waals surface area contributed by atoms with Crippen LogP contribution in [0.5, 0.6) is 0 Å². The Morgan fingerprint density at radius 3 is 2.73 bits per heavy atom. The number of furan rings is 1. The van der Waals surface area contributed by atoms with Crippen LogP contribution in [0.2, 0.25) is 0 Å². The summed E-state index contributed by atoms with van der Waals surface area (Å²) in [5.74, 6) is 0.441. The summed E-state index contributed by atoms with van der Waals surface area (Å²) in [5, 5.41) is 8.94. The lowest BCUT2D eigenvalue weighted by atomic mass is 10.1. The third kappa shape index (κ3) is 3.22. The minimum absolute atomic E-state index is 0.00425. The van der Waals surface area contributed by atoms with Crippen LogP contribution < -0.4 is 5.73 Å². The van der Waals surface area contributed by atoms with E-state index >= 15 is 0 Å². The van der Waals surface area contributed by atoms with Crippen molar-refractivity contribution in [3.8, 4) is 17.4 Å². The summed E-state index contributed by atoms with van der Waals surface area (Å²) in [6.07, 6.45) is 1.45. The lowest BCUT2D eigenvalue weighted by Crippen LogP contribution is -2.09. The van der Waals surface area contributed by atoms with Crippen LogP contribution in [-0.4, -0.2) is 18.1 Å². The van der Waals surface area contributed by atoms with Gasteiger partial charge in [0.05, 0.1) is 18.2 Å². The van der Waals surface area contributed by atoms with Crippen LogP contribution in [0, 0.1) is 11.3 Å². The van der Waals surface area contributed by atoms with Gasteiger partial charge in [-0.25, -0.2) is 4.79 Å². The number of carbonyl (C=O) groups is 1. The Kier molecular flexibility index (Phi) is 4.71. The Labute approximate surface area is 132 Å². The molecule has 0 aliphatic heterocycles. The maximum Gasteiger partial charge on any atom is 0.338 e. The van der Waals surface area contributed by atoms with Crippen LogP contribution in [-0.2, 0) is 4.74 Å². The maximum absolute atomic E-state index is 11.8. The molecule has 110 valence electrons. The average molecular weight is 312 g/mol. The predicted octanol–water partition coefficient (Wildman–Crippen LogP) is 2.93. The molecular formula is C16H12N2O3S. The van der Waals surface area contributed by atoms with E-state index in [4.69, 9.17) is 32.4 Å². The highest BCUT2D eigenvalue weighted by molar-refractivity contribution is 7.80. The second-order valence-electron chi connectivity index (χ2n) is 4.27. The van der Waals surface area contributed by atoms with Crippen LogP contribution in [0.3, 0.4) is 0 Å². The van der Waals surface area contributed by atoms with E-state index in [1.54, 1.807) is 36.4 Å². The summed E-state index contributed by atoms with van der Waals surface area (Å²) in [6.45, 7) is 0. The number of nitriles is 1. The number of rotatable bonds is 4. The normalized spacial score (nSPS) is 10.8. The van der Waals surface area contributed by atoms with Crippen LogP contribution in [0.4, 0.5) is 0 Å². The van der Waals surface area contributed by atoms with E-state index in [2.05, 4.69) is 0 Å². The Morgan fingerprint density at radius 1 is 1.36 bits per heavy atom. The van der Waals surface area contributed by atoms with Gasteiger partial charge in [-0.15, -0.1) is 0 Å². The minimum atomic E-state index is -0.454. The fraction of sp³-hybridized carbons (Fsp3) is 0.0625. The van der Waals surface area contributed by atoms with Crippen molar-refractivity contribution in [3.05, 3.63) is 53.3 Å². The van der Waals surface area contributed by atoms with Gasteiger partial charge in [0.25, 0.3) is 0 Å². The van der Waals surface area contributed by atoms with Gasteiger partial charge in [-0.2, -0.15) is 5.26 Å². The number of esters is 1. The topological polar surface area (TPSA) is 89.2 Å². The summed E-state index contributed by atoms with van der Waals surface area (Å²) in [5.41, 5.74) is 6.58. The maximum atomic E-state index is 11.8. The van der Waals surface area contributed by atoms with Crippen molar-refractivity contribution in [3.63, 3.8) is 0 Å². The molecule has 0 amide bonds. The number of thiocarbonyl (C=S) groups is 1. The molecule has 0 spiro atoms. The molecule has 0 saturated heterocycles. The molecule has 0 aliphatic carbocycles. The van der Waals surface area contributed by atoms with Gasteiger partial charge in [-0.3, -0.25) is 0 Å². The van der Waals surface area contributed by atoms with Crippen LogP contribution in [0.15, 0.2) is 46.4 Å². The number of nitrogens with two attached hydrogens (primary N) is 1. The fourth-order valence-electron chi connectivity index (χ4n) is 1.86. The predicted molar refractivity (Wildman–Crippen MR) is 85.9 cm³/mol. The highest BCUT2D eigenvalue weighted by atomic mass is 32.1. The van der Waals surface area contributed by atoms with Gasteiger partial charge in [0.1, 0.15) is 22.6 Å². The van der Waals surface area contributed by atoms with E-state index in [1.165, 1.54) is 13.2 Å². The van der Waals surface area contributed by atoms with Crippen molar-refractivity contribution in [2.75, 3.05) is 7.11 Å². The zero-order valence-corrected chi connectivity index (χ0v) is 12.5. The monoisotopic (exact) mass is 312 g/mol. The third-order valence-electron chi connectivity index (χ3n) is 2.90. The van der Waals surface area contributed by atoms with E-state index in [-0.39, 0.29) is 10.6 Å². The van der Waals surface area contributed by atoms with E-state index < -0.39 is 5.97 Å². The molecular weight excluding hydrogens is 300 g/mol. The summed E-state index contributed by atoms with van der Waals surface area (Å²) in [6, 6.07) is 12.2. The second kappa shape index (κ2) is 6.70. The lowest BCUT2D eigenvalue weighted by Gasteiger charge is -2.04. The molecule has 6 heteroatoms. The Bertz CT molecular complexity index is 800. The molecule has 0 fully saturated rings. The molecule has 2 aromatic rings. The van der Waals surface area contributed by atoms with Crippen LogP contribution in [0.1, 0.15) is 16.1 Å². The van der Waals surface area contributed by atoms with E-state index in [1.807, 2.05) is 6.07 Å². The molecule has 0 radical (unpaired) electrons. The van der Waals surface area contributed by atoms with E-state index in [9.17, 15) is 4.79 Å². The first-order chi connectivity index (χ1) is 10.6. The minimum Gasteiger partial charge on any atom is -0.465 e. The number of hydrogen-bond acceptors (Lipinski definition) is 5. The highest BCUT2D eigenvalue weighted by Crippen LogP contribution is 2.27. The smallest absolute Gasteiger partial charge is 0.338 e. The van der Waals surface area contributed by atoms with Crippen LogP contribution in [0.25, 0.3) is 17.4 Å². The molecule has 1 aromatic carbocycles. The average Bonchev–Trinajstić information content (AvgIpc) is 3.00. The molecule has 2 N–H and O–H groups in total. The standard InChI is InChI=1S/C16H12N2O3S/c1-20-16(19)13-5-3-2-4-12(13)14-7-6-11(21-14)8-10(9-17)15(18)22/h2-8H,1H3,(H2,18,22). The molecule has 0 unspecified atom stereocenters. The van der Waals surface area contributed by atoms with Crippen molar-refractivity contribution in [1.29, 1.82) is 5.26 Å². The van der Waals surface area contributed by atoms with Gasteiger partial charge in [-0.1, -0.05) is 30.4 Å². The number of ether oxygens (including phenoxy) is 1. The van der Waals surface area contributed by atoms with Gasteiger partial charge in [-0.05, 0) is 18.2 Å². The van der Waals surface area contributed by atoms with Gasteiger partial charge < -0.3 is 14.9 Å². The van der Waals surface area contributed by atoms with Crippen molar-refractivity contribution in [1.82, 2.24) is 0 Å². The van der Waals surface area contributed by atoms with Crippen molar-refractivity contribution >= 4 is 29.3 Å². The summed E-state index contributed by atoms with van der Waals surface area (Å²) in [7, 11) is 1.32. The fourth-order valence-corrected chi connectivity index (χ4v) is 1.97. The highest BCUT2D eigenvalue weighted by Gasteiger charge is 2.15. The molecule has 0 bridgehead atoms. The first kappa shape index (κ1) is 15.5. The lowest BCUT2D eigenvalue weighted by molar-refractivity contribution is 0.0601. The Balaban J connectivity index is 2.44. The van der Waals surface area contributed by atoms with E-state index in [0.29, 0.717) is 22.6 Å². The number of nitrogens with zero attached hydrogens (tertiary/aromatic N) is 1. The molecule has 5 nitrogen and oxygen atoms in total. The van der Waals surface area contributed by atoms with Gasteiger partial charge >= 0.3 is 5.97 Å². The van der Waals surface area contributed by atoms with Gasteiger partial charge in [0.15, 0.2) is 0 Å². The number of benzene rings is 1. The van der Waals surface area contributed by atoms with E-state index in [0.717, 1.165) is 0 Å². The van der Waals surface area contributed by atoms with Gasteiger partial charge in [0, 0.05) is 11.6 Å². The Morgan fingerprint density at radius 2 is 2.09 bits per heavy atom. The molecule has 22 heavy (non-hydrogen) atoms. The Hall–Kier alpha value is -2.91. The summed E-state index contributed by atoms with van der Waals surface area (Å²) < 4.78 is 10.4. The first-order valence-corrected chi connectivity index (χ1v) is 6.66. The zero-order valence-electron chi connectivity index (χ0n) is 11.7. The molecule has 0 saturated carbocycles. The second-order valence-corrected chi connectivity index (χ2v) is 4.71. The zero-order chi connectivity index (χ0) is 16.1. The van der Waals surface area contributed by atoms with Crippen molar-refractivity contribution < 1.29 is 13.9 Å². The van der Waals surface area contributed by atoms with Gasteiger partial charge in [0.2, 0.25) is 0 Å². The quantitative estimate of drug-likeness (QED) is 0.404. The van der Waals surface area contributed by atoms with Crippen LogP contribution >= 0.6 is 12.2 Å². The summed E-state index contributed by atoms with van der Waals surface area (Å²) >= 11 is 4.77. The SMILES string of the molecule is COC(=O)c1ccccc1-c1ccc(C=C(C#N)C(N)=S)o1. The molecule has 0 aliphatic rings. The largest absolute Gasteiger partial charge is 0.465 e. The first-order valence-electron chi connectivity index (χ1n) is 6.26.